The molecule has 0 amide bonds. The first-order valence-corrected chi connectivity index (χ1v) is 8.30. The summed E-state index contributed by atoms with van der Waals surface area (Å²) in [6.07, 6.45) is 9.91. The molecule has 0 aromatic carbocycles. The van der Waals surface area contributed by atoms with Crippen LogP contribution in [-0.2, 0) is 6.54 Å². The molecule has 120 valence electrons. The van der Waals surface area contributed by atoms with Crippen molar-refractivity contribution >= 4 is 0 Å². The SMILES string of the molecule is CCCCCCC(C)Oc1cnc(CNCC(C)C)cn1. The van der Waals surface area contributed by atoms with Crippen LogP contribution in [0.5, 0.6) is 5.88 Å². The average Bonchev–Trinajstić information content (AvgIpc) is 2.45. The minimum atomic E-state index is 0.209. The van der Waals surface area contributed by atoms with Gasteiger partial charge in [0.2, 0.25) is 5.88 Å². The maximum atomic E-state index is 5.80. The Bertz CT molecular complexity index is 365. The van der Waals surface area contributed by atoms with E-state index in [-0.39, 0.29) is 6.10 Å². The zero-order valence-corrected chi connectivity index (χ0v) is 14.1. The Kier molecular flexibility index (Phi) is 8.99. The Labute approximate surface area is 129 Å². The molecule has 1 N–H and O–H groups in total. The number of unbranched alkanes of at least 4 members (excludes halogenated alkanes) is 3. The van der Waals surface area contributed by atoms with Crippen molar-refractivity contribution in [3.63, 3.8) is 0 Å². The number of hydrogen-bond acceptors (Lipinski definition) is 4. The van der Waals surface area contributed by atoms with Crippen molar-refractivity contribution in [3.05, 3.63) is 18.1 Å². The smallest absolute Gasteiger partial charge is 0.232 e. The molecule has 1 heterocycles. The lowest BCUT2D eigenvalue weighted by Crippen LogP contribution is -2.20. The van der Waals surface area contributed by atoms with Gasteiger partial charge in [-0.1, -0.05) is 40.0 Å². The van der Waals surface area contributed by atoms with Crippen LogP contribution in [-0.4, -0.2) is 22.6 Å². The van der Waals surface area contributed by atoms with Gasteiger partial charge in [-0.25, -0.2) is 4.98 Å². The van der Waals surface area contributed by atoms with Crippen LogP contribution in [0.3, 0.4) is 0 Å². The molecule has 1 unspecified atom stereocenters. The molecule has 1 atom stereocenters. The number of nitrogens with zero attached hydrogens (tertiary/aromatic N) is 2. The highest BCUT2D eigenvalue weighted by Crippen LogP contribution is 2.12. The molecule has 0 aliphatic heterocycles. The molecule has 21 heavy (non-hydrogen) atoms. The lowest BCUT2D eigenvalue weighted by Gasteiger charge is -2.13. The van der Waals surface area contributed by atoms with Gasteiger partial charge < -0.3 is 10.1 Å². The normalized spacial score (nSPS) is 12.6. The zero-order valence-electron chi connectivity index (χ0n) is 14.1. The van der Waals surface area contributed by atoms with E-state index >= 15 is 0 Å². The summed E-state index contributed by atoms with van der Waals surface area (Å²) in [4.78, 5) is 8.72. The summed E-state index contributed by atoms with van der Waals surface area (Å²) in [6.45, 7) is 10.5. The predicted molar refractivity (Wildman–Crippen MR) is 87.4 cm³/mol. The number of rotatable bonds is 11. The van der Waals surface area contributed by atoms with Crippen LogP contribution in [0.2, 0.25) is 0 Å². The fourth-order valence-electron chi connectivity index (χ4n) is 2.11. The van der Waals surface area contributed by atoms with Gasteiger partial charge in [-0.3, -0.25) is 4.98 Å². The molecule has 0 radical (unpaired) electrons. The molecule has 0 spiro atoms. The van der Waals surface area contributed by atoms with Crippen molar-refractivity contribution in [2.75, 3.05) is 6.54 Å². The summed E-state index contributed by atoms with van der Waals surface area (Å²) >= 11 is 0. The molecule has 4 heteroatoms. The second-order valence-corrected chi connectivity index (χ2v) is 6.15. The summed E-state index contributed by atoms with van der Waals surface area (Å²) in [6, 6.07) is 0. The first kappa shape index (κ1) is 17.9. The van der Waals surface area contributed by atoms with E-state index < -0.39 is 0 Å². The van der Waals surface area contributed by atoms with E-state index in [4.69, 9.17) is 4.74 Å². The molecule has 1 aromatic rings. The van der Waals surface area contributed by atoms with Gasteiger partial charge in [0, 0.05) is 6.54 Å². The van der Waals surface area contributed by atoms with Gasteiger partial charge in [0.25, 0.3) is 0 Å². The monoisotopic (exact) mass is 293 g/mol. The molecule has 0 saturated heterocycles. The molecule has 0 aliphatic rings. The largest absolute Gasteiger partial charge is 0.474 e. The molecule has 4 nitrogen and oxygen atoms in total. The lowest BCUT2D eigenvalue weighted by molar-refractivity contribution is 0.197. The van der Waals surface area contributed by atoms with Gasteiger partial charge in [-0.15, -0.1) is 0 Å². The summed E-state index contributed by atoms with van der Waals surface area (Å²) in [5.41, 5.74) is 0.957. The molecule has 1 rings (SSSR count). The number of nitrogens with one attached hydrogen (secondary N) is 1. The van der Waals surface area contributed by atoms with Crippen LogP contribution in [0, 0.1) is 5.92 Å². The fourth-order valence-corrected chi connectivity index (χ4v) is 2.11. The molecule has 0 bridgehead atoms. The first-order chi connectivity index (χ1) is 10.1. The molecule has 1 aromatic heterocycles. The van der Waals surface area contributed by atoms with E-state index in [1.807, 2.05) is 0 Å². The van der Waals surface area contributed by atoms with Crippen molar-refractivity contribution in [3.8, 4) is 5.88 Å². The lowest BCUT2D eigenvalue weighted by atomic mass is 10.1. The van der Waals surface area contributed by atoms with E-state index in [0.717, 1.165) is 25.2 Å². The fraction of sp³-hybridized carbons (Fsp3) is 0.765. The third kappa shape index (κ3) is 8.66. The molecule has 0 aliphatic carbocycles. The van der Waals surface area contributed by atoms with Crippen LogP contribution in [0.25, 0.3) is 0 Å². The Hall–Kier alpha value is -1.16. The van der Waals surface area contributed by atoms with E-state index in [1.54, 1.807) is 12.4 Å². The minimum Gasteiger partial charge on any atom is -0.474 e. The van der Waals surface area contributed by atoms with Crippen LogP contribution in [0.4, 0.5) is 0 Å². The van der Waals surface area contributed by atoms with Crippen molar-refractivity contribution in [1.29, 1.82) is 0 Å². The third-order valence-electron chi connectivity index (χ3n) is 3.33. The third-order valence-corrected chi connectivity index (χ3v) is 3.33. The van der Waals surface area contributed by atoms with Gasteiger partial charge in [-0.2, -0.15) is 0 Å². The highest BCUT2D eigenvalue weighted by Gasteiger charge is 2.05. The summed E-state index contributed by atoms with van der Waals surface area (Å²) in [7, 11) is 0. The van der Waals surface area contributed by atoms with E-state index in [2.05, 4.69) is 43.0 Å². The zero-order chi connectivity index (χ0) is 15.5. The Morgan fingerprint density at radius 2 is 1.90 bits per heavy atom. The standard InChI is InChI=1S/C17H31N3O/c1-5-6-7-8-9-15(4)21-17-13-19-16(12-20-17)11-18-10-14(2)3/h12-15,18H,5-11H2,1-4H3. The molecule has 0 fully saturated rings. The second-order valence-electron chi connectivity index (χ2n) is 6.15. The highest BCUT2D eigenvalue weighted by molar-refractivity contribution is 5.07. The van der Waals surface area contributed by atoms with Crippen molar-refractivity contribution in [2.45, 2.75) is 72.4 Å². The Morgan fingerprint density at radius 3 is 2.52 bits per heavy atom. The van der Waals surface area contributed by atoms with Gasteiger partial charge in [0.05, 0.1) is 24.2 Å². The number of ether oxygens (including phenoxy) is 1. The quantitative estimate of drug-likeness (QED) is 0.627. The topological polar surface area (TPSA) is 47.0 Å². The number of hydrogen-bond donors (Lipinski definition) is 1. The molecular formula is C17H31N3O. The summed E-state index contributed by atoms with van der Waals surface area (Å²) in [5, 5.41) is 3.36. The Balaban J connectivity index is 2.26. The van der Waals surface area contributed by atoms with E-state index in [9.17, 15) is 0 Å². The predicted octanol–water partition coefficient (Wildman–Crippen LogP) is 3.96. The van der Waals surface area contributed by atoms with Crippen LogP contribution in [0.15, 0.2) is 12.4 Å². The average molecular weight is 293 g/mol. The number of aromatic nitrogens is 2. The second kappa shape index (κ2) is 10.6. The van der Waals surface area contributed by atoms with E-state index in [1.165, 1.54) is 25.7 Å². The van der Waals surface area contributed by atoms with Crippen molar-refractivity contribution in [1.82, 2.24) is 15.3 Å². The van der Waals surface area contributed by atoms with E-state index in [0.29, 0.717) is 11.8 Å². The molecule has 0 saturated carbocycles. The maximum Gasteiger partial charge on any atom is 0.232 e. The van der Waals surface area contributed by atoms with Crippen molar-refractivity contribution < 1.29 is 4.74 Å². The van der Waals surface area contributed by atoms with Gasteiger partial charge in [0.15, 0.2) is 0 Å². The summed E-state index contributed by atoms with van der Waals surface area (Å²) in [5.74, 6) is 1.28. The molecular weight excluding hydrogens is 262 g/mol. The van der Waals surface area contributed by atoms with Crippen LogP contribution >= 0.6 is 0 Å². The highest BCUT2D eigenvalue weighted by atomic mass is 16.5. The van der Waals surface area contributed by atoms with Crippen molar-refractivity contribution in [2.24, 2.45) is 5.92 Å². The van der Waals surface area contributed by atoms with Gasteiger partial charge >= 0.3 is 0 Å². The summed E-state index contributed by atoms with van der Waals surface area (Å²) < 4.78 is 5.80. The van der Waals surface area contributed by atoms with Crippen LogP contribution in [0.1, 0.15) is 65.5 Å². The Morgan fingerprint density at radius 1 is 1.10 bits per heavy atom. The first-order valence-electron chi connectivity index (χ1n) is 8.30. The minimum absolute atomic E-state index is 0.209. The van der Waals surface area contributed by atoms with Crippen LogP contribution < -0.4 is 10.1 Å². The van der Waals surface area contributed by atoms with Gasteiger partial charge in [-0.05, 0) is 32.2 Å². The maximum absolute atomic E-state index is 5.80. The van der Waals surface area contributed by atoms with Gasteiger partial charge in [0.1, 0.15) is 0 Å².